The van der Waals surface area contributed by atoms with E-state index in [1.54, 1.807) is 0 Å². The molecule has 0 aliphatic carbocycles. The van der Waals surface area contributed by atoms with Crippen molar-refractivity contribution in [3.8, 4) is 0 Å². The van der Waals surface area contributed by atoms with Crippen LogP contribution in [0.2, 0.25) is 5.02 Å². The number of carbonyl (C=O) groups is 1. The first kappa shape index (κ1) is 17.4. The van der Waals surface area contributed by atoms with Gasteiger partial charge in [0.05, 0.1) is 5.69 Å². The van der Waals surface area contributed by atoms with Crippen LogP contribution in [0.15, 0.2) is 23.1 Å². The number of primary sulfonamides is 1. The molecule has 6 nitrogen and oxygen atoms in total. The molecule has 1 aromatic carbocycles. The molecule has 10 heteroatoms. The summed E-state index contributed by atoms with van der Waals surface area (Å²) in [7, 11) is -2.56. The molecule has 0 saturated carbocycles. The van der Waals surface area contributed by atoms with Gasteiger partial charge in [-0.3, -0.25) is 4.79 Å². The van der Waals surface area contributed by atoms with Gasteiger partial charge < -0.3 is 9.88 Å². The van der Waals surface area contributed by atoms with Crippen LogP contribution >= 0.6 is 11.6 Å². The maximum Gasteiger partial charge on any atom is 0.272 e. The summed E-state index contributed by atoms with van der Waals surface area (Å²) in [6.07, 6.45) is 0. The molecule has 1 heterocycles. The van der Waals surface area contributed by atoms with Crippen LogP contribution in [0.5, 0.6) is 0 Å². The quantitative estimate of drug-likeness (QED) is 0.818. The number of nitrogens with zero attached hydrogens (tertiary/aromatic N) is 1. The molecule has 0 fully saturated rings. The Labute approximate surface area is 135 Å². The molecule has 2 aromatic rings. The zero-order valence-electron chi connectivity index (χ0n) is 12.0. The number of nitrogens with one attached hydrogen (secondary N) is 1. The standard InChI is InChI=1S/C13H12ClF2N3O3S/c1-6-10(23(17,21)22)5-9(19(6)2)13(20)18-8-4-3-7(15)11(14)12(8)16/h3-5H,1-2H3,(H,18,20)(H2,17,21,22). The Morgan fingerprint density at radius 2 is 1.96 bits per heavy atom. The summed E-state index contributed by atoms with van der Waals surface area (Å²) < 4.78 is 51.1. The average Bonchev–Trinajstić information content (AvgIpc) is 2.76. The van der Waals surface area contributed by atoms with E-state index in [1.165, 1.54) is 18.5 Å². The van der Waals surface area contributed by atoms with Gasteiger partial charge in [0.2, 0.25) is 10.0 Å². The topological polar surface area (TPSA) is 94.2 Å². The Morgan fingerprint density at radius 3 is 2.48 bits per heavy atom. The molecule has 23 heavy (non-hydrogen) atoms. The van der Waals surface area contributed by atoms with E-state index in [1.807, 2.05) is 0 Å². The van der Waals surface area contributed by atoms with E-state index in [4.69, 9.17) is 16.7 Å². The van der Waals surface area contributed by atoms with Gasteiger partial charge in [-0.25, -0.2) is 22.3 Å². The highest BCUT2D eigenvalue weighted by Gasteiger charge is 2.22. The number of benzene rings is 1. The van der Waals surface area contributed by atoms with Crippen LogP contribution in [-0.4, -0.2) is 18.9 Å². The van der Waals surface area contributed by atoms with Crippen molar-refractivity contribution < 1.29 is 22.0 Å². The molecule has 0 radical (unpaired) electrons. The number of carbonyl (C=O) groups excluding carboxylic acids is 1. The predicted octanol–water partition coefficient (Wildman–Crippen LogP) is 2.16. The molecule has 0 aliphatic rings. The molecule has 0 saturated heterocycles. The number of hydrogen-bond acceptors (Lipinski definition) is 3. The van der Waals surface area contributed by atoms with Gasteiger partial charge in [0.15, 0.2) is 5.82 Å². The molecule has 0 unspecified atom stereocenters. The molecular formula is C13H12ClF2N3O3S. The largest absolute Gasteiger partial charge is 0.343 e. The van der Waals surface area contributed by atoms with Crippen molar-refractivity contribution in [3.63, 3.8) is 0 Å². The number of sulfonamides is 1. The Bertz CT molecular complexity index is 910. The van der Waals surface area contributed by atoms with Gasteiger partial charge in [-0.1, -0.05) is 11.6 Å². The van der Waals surface area contributed by atoms with Crippen LogP contribution in [0.1, 0.15) is 16.2 Å². The lowest BCUT2D eigenvalue weighted by molar-refractivity contribution is 0.101. The van der Waals surface area contributed by atoms with E-state index in [0.29, 0.717) is 0 Å². The van der Waals surface area contributed by atoms with E-state index < -0.39 is 32.6 Å². The van der Waals surface area contributed by atoms with Gasteiger partial charge in [0, 0.05) is 12.7 Å². The van der Waals surface area contributed by atoms with Crippen molar-refractivity contribution in [2.75, 3.05) is 5.32 Å². The van der Waals surface area contributed by atoms with Gasteiger partial charge in [-0.2, -0.15) is 0 Å². The van der Waals surface area contributed by atoms with Gasteiger partial charge >= 0.3 is 0 Å². The number of nitrogens with two attached hydrogens (primary N) is 1. The fraction of sp³-hybridized carbons (Fsp3) is 0.154. The predicted molar refractivity (Wildman–Crippen MR) is 80.8 cm³/mol. The van der Waals surface area contributed by atoms with Crippen LogP contribution in [0.3, 0.4) is 0 Å². The summed E-state index contributed by atoms with van der Waals surface area (Å²) in [5.41, 5.74) is -0.154. The maximum atomic E-state index is 13.8. The fourth-order valence-electron chi connectivity index (χ4n) is 1.99. The normalized spacial score (nSPS) is 11.6. The summed E-state index contributed by atoms with van der Waals surface area (Å²) >= 11 is 5.43. The smallest absolute Gasteiger partial charge is 0.272 e. The number of halogens is 3. The molecule has 1 aromatic heterocycles. The van der Waals surface area contributed by atoms with Gasteiger partial charge in [0.1, 0.15) is 21.4 Å². The second-order valence-electron chi connectivity index (χ2n) is 4.76. The first-order valence-electron chi connectivity index (χ1n) is 6.18. The van der Waals surface area contributed by atoms with E-state index in [2.05, 4.69) is 5.32 Å². The molecular weight excluding hydrogens is 352 g/mol. The third-order valence-corrected chi connectivity index (χ3v) is 4.68. The first-order chi connectivity index (χ1) is 10.5. The molecule has 0 atom stereocenters. The SMILES string of the molecule is Cc1c(S(N)(=O)=O)cc(C(=O)Nc2ccc(F)c(Cl)c2F)n1C. The highest BCUT2D eigenvalue weighted by molar-refractivity contribution is 7.89. The lowest BCUT2D eigenvalue weighted by atomic mass is 10.2. The number of amides is 1. The first-order valence-corrected chi connectivity index (χ1v) is 8.10. The lowest BCUT2D eigenvalue weighted by Gasteiger charge is -2.09. The van der Waals surface area contributed by atoms with E-state index >= 15 is 0 Å². The van der Waals surface area contributed by atoms with Crippen LogP contribution in [0, 0.1) is 18.6 Å². The summed E-state index contributed by atoms with van der Waals surface area (Å²) in [6.45, 7) is 1.46. The van der Waals surface area contributed by atoms with Crippen molar-refractivity contribution in [2.24, 2.45) is 12.2 Å². The number of anilines is 1. The Balaban J connectivity index is 2.42. The molecule has 0 bridgehead atoms. The number of hydrogen-bond donors (Lipinski definition) is 2. The van der Waals surface area contributed by atoms with E-state index in [9.17, 15) is 22.0 Å². The highest BCUT2D eigenvalue weighted by atomic mass is 35.5. The average molecular weight is 364 g/mol. The minimum Gasteiger partial charge on any atom is -0.343 e. The Morgan fingerprint density at radius 1 is 1.35 bits per heavy atom. The van der Waals surface area contributed by atoms with Crippen molar-refractivity contribution in [3.05, 3.63) is 46.2 Å². The number of rotatable bonds is 3. The van der Waals surface area contributed by atoms with E-state index in [-0.39, 0.29) is 22.0 Å². The van der Waals surface area contributed by atoms with Crippen LogP contribution in [0.25, 0.3) is 0 Å². The molecule has 0 spiro atoms. The molecule has 1 amide bonds. The summed E-state index contributed by atoms with van der Waals surface area (Å²) in [5, 5.41) is 6.51. The zero-order chi connectivity index (χ0) is 17.5. The van der Waals surface area contributed by atoms with E-state index in [0.717, 1.165) is 18.2 Å². The Kier molecular flexibility index (Phi) is 4.47. The minimum atomic E-state index is -4.01. The van der Waals surface area contributed by atoms with Crippen molar-refractivity contribution in [2.45, 2.75) is 11.8 Å². The van der Waals surface area contributed by atoms with Crippen molar-refractivity contribution in [1.82, 2.24) is 4.57 Å². The third-order valence-electron chi connectivity index (χ3n) is 3.31. The second-order valence-corrected chi connectivity index (χ2v) is 6.67. The van der Waals surface area contributed by atoms with Crippen LogP contribution in [-0.2, 0) is 17.1 Å². The lowest BCUT2D eigenvalue weighted by Crippen LogP contribution is -2.17. The van der Waals surface area contributed by atoms with Gasteiger partial charge in [-0.15, -0.1) is 0 Å². The molecule has 3 N–H and O–H groups in total. The van der Waals surface area contributed by atoms with Crippen LogP contribution < -0.4 is 10.5 Å². The maximum absolute atomic E-state index is 13.8. The molecule has 0 aliphatic heterocycles. The minimum absolute atomic E-state index is 0.0635. The third kappa shape index (κ3) is 3.21. The summed E-state index contributed by atoms with van der Waals surface area (Å²) in [5.74, 6) is -2.89. The van der Waals surface area contributed by atoms with Gasteiger partial charge in [0.25, 0.3) is 5.91 Å². The van der Waals surface area contributed by atoms with Crippen molar-refractivity contribution >= 4 is 33.2 Å². The summed E-state index contributed by atoms with van der Waals surface area (Å²) in [4.78, 5) is 12.0. The monoisotopic (exact) mass is 363 g/mol. The van der Waals surface area contributed by atoms with Crippen LogP contribution in [0.4, 0.5) is 14.5 Å². The fourth-order valence-corrected chi connectivity index (χ4v) is 2.98. The van der Waals surface area contributed by atoms with Crippen molar-refractivity contribution in [1.29, 1.82) is 0 Å². The highest BCUT2D eigenvalue weighted by Crippen LogP contribution is 2.26. The zero-order valence-corrected chi connectivity index (χ0v) is 13.6. The van der Waals surface area contributed by atoms with Gasteiger partial charge in [-0.05, 0) is 25.1 Å². The molecule has 124 valence electrons. The molecule has 2 rings (SSSR count). The second kappa shape index (κ2) is 5.91. The number of aromatic nitrogens is 1. The Hall–Kier alpha value is -1.97. The summed E-state index contributed by atoms with van der Waals surface area (Å²) in [6, 6.07) is 2.97.